The van der Waals surface area contributed by atoms with E-state index in [1.165, 1.54) is 0 Å². The zero-order valence-electron chi connectivity index (χ0n) is 12.7. The lowest BCUT2D eigenvalue weighted by Gasteiger charge is -2.31. The second-order valence-corrected chi connectivity index (χ2v) is 5.70. The highest BCUT2D eigenvalue weighted by molar-refractivity contribution is 5.93. The first-order chi connectivity index (χ1) is 10.1. The molecule has 0 spiro atoms. The van der Waals surface area contributed by atoms with Gasteiger partial charge in [-0.2, -0.15) is 0 Å². The minimum absolute atomic E-state index is 0.00565. The summed E-state index contributed by atoms with van der Waals surface area (Å²) in [7, 11) is 0. The highest BCUT2D eigenvalue weighted by atomic mass is 16.5. The van der Waals surface area contributed by atoms with Gasteiger partial charge in [-0.25, -0.2) is 0 Å². The Hall–Kier alpha value is -1.43. The molecule has 1 saturated heterocycles. The van der Waals surface area contributed by atoms with Gasteiger partial charge >= 0.3 is 0 Å². The van der Waals surface area contributed by atoms with Crippen LogP contribution in [0.4, 0.5) is 5.69 Å². The monoisotopic (exact) mass is 292 g/mol. The lowest BCUT2D eigenvalue weighted by atomic mass is 10.0. The van der Waals surface area contributed by atoms with Gasteiger partial charge in [-0.05, 0) is 17.5 Å². The molecule has 1 aliphatic rings. The predicted molar refractivity (Wildman–Crippen MR) is 82.4 cm³/mol. The number of carbonyl (C=O) groups excluding carboxylic acids is 1. The Kier molecular flexibility index (Phi) is 5.73. The number of hydrogen-bond acceptors (Lipinski definition) is 4. The van der Waals surface area contributed by atoms with Crippen molar-refractivity contribution in [3.63, 3.8) is 0 Å². The Morgan fingerprint density at radius 3 is 2.95 bits per heavy atom. The van der Waals surface area contributed by atoms with Crippen molar-refractivity contribution in [2.75, 3.05) is 38.2 Å². The first-order valence-electron chi connectivity index (χ1n) is 7.43. The molecular formula is C16H24N2O3. The maximum atomic E-state index is 12.2. The summed E-state index contributed by atoms with van der Waals surface area (Å²) in [6.45, 7) is 6.41. The van der Waals surface area contributed by atoms with Gasteiger partial charge in [-0.1, -0.05) is 32.0 Å². The third kappa shape index (κ3) is 4.52. The van der Waals surface area contributed by atoms with Crippen molar-refractivity contribution in [2.45, 2.75) is 25.9 Å². The molecule has 21 heavy (non-hydrogen) atoms. The molecule has 116 valence electrons. The van der Waals surface area contributed by atoms with Gasteiger partial charge in [0.15, 0.2) is 0 Å². The van der Waals surface area contributed by atoms with Crippen molar-refractivity contribution in [1.82, 2.24) is 4.90 Å². The minimum atomic E-state index is -0.186. The average molecular weight is 292 g/mol. The quantitative estimate of drug-likeness (QED) is 0.862. The summed E-state index contributed by atoms with van der Waals surface area (Å²) in [4.78, 5) is 14.2. The van der Waals surface area contributed by atoms with Gasteiger partial charge in [0.05, 0.1) is 25.9 Å². The van der Waals surface area contributed by atoms with Crippen molar-refractivity contribution in [1.29, 1.82) is 0 Å². The summed E-state index contributed by atoms with van der Waals surface area (Å²) >= 11 is 0. The SMILES string of the molecule is CC(C)c1ccccc1NC(=O)CN1CCOC(CO)C1. The van der Waals surface area contributed by atoms with Crippen molar-refractivity contribution in [2.24, 2.45) is 0 Å². The van der Waals surface area contributed by atoms with Gasteiger partial charge in [-0.15, -0.1) is 0 Å². The van der Waals surface area contributed by atoms with Crippen molar-refractivity contribution in [3.05, 3.63) is 29.8 Å². The first-order valence-corrected chi connectivity index (χ1v) is 7.43. The zero-order valence-corrected chi connectivity index (χ0v) is 12.7. The van der Waals surface area contributed by atoms with Crippen LogP contribution in [0.5, 0.6) is 0 Å². The second kappa shape index (κ2) is 7.54. The van der Waals surface area contributed by atoms with E-state index in [0.29, 0.717) is 25.6 Å². The van der Waals surface area contributed by atoms with Crippen LogP contribution in [0.1, 0.15) is 25.3 Å². The molecule has 0 saturated carbocycles. The number of carbonyl (C=O) groups is 1. The Bertz CT molecular complexity index is 476. The largest absolute Gasteiger partial charge is 0.394 e. The van der Waals surface area contributed by atoms with E-state index in [0.717, 1.165) is 17.8 Å². The Morgan fingerprint density at radius 2 is 2.24 bits per heavy atom. The van der Waals surface area contributed by atoms with Crippen LogP contribution in [0.3, 0.4) is 0 Å². The maximum Gasteiger partial charge on any atom is 0.238 e. The fraction of sp³-hybridized carbons (Fsp3) is 0.562. The van der Waals surface area contributed by atoms with E-state index in [-0.39, 0.29) is 18.6 Å². The molecule has 0 bridgehead atoms. The van der Waals surface area contributed by atoms with Gasteiger partial charge in [0.2, 0.25) is 5.91 Å². The first kappa shape index (κ1) is 15.9. The summed E-state index contributed by atoms with van der Waals surface area (Å²) in [5.41, 5.74) is 2.02. The number of benzene rings is 1. The van der Waals surface area contributed by atoms with Crippen molar-refractivity contribution < 1.29 is 14.6 Å². The number of anilines is 1. The average Bonchev–Trinajstić information content (AvgIpc) is 2.47. The molecule has 2 rings (SSSR count). The highest BCUT2D eigenvalue weighted by Gasteiger charge is 2.21. The molecule has 2 N–H and O–H groups in total. The molecule has 1 atom stereocenters. The fourth-order valence-electron chi connectivity index (χ4n) is 2.54. The van der Waals surface area contributed by atoms with Crippen LogP contribution in [0.15, 0.2) is 24.3 Å². The predicted octanol–water partition coefficient (Wildman–Crippen LogP) is 1.44. The number of aliphatic hydroxyl groups excluding tert-OH is 1. The van der Waals surface area contributed by atoms with Crippen LogP contribution >= 0.6 is 0 Å². The van der Waals surface area contributed by atoms with E-state index in [2.05, 4.69) is 19.2 Å². The second-order valence-electron chi connectivity index (χ2n) is 5.70. The summed E-state index contributed by atoms with van der Waals surface area (Å²) in [5, 5.41) is 12.1. The molecule has 5 nitrogen and oxygen atoms in total. The van der Waals surface area contributed by atoms with Crippen LogP contribution in [-0.2, 0) is 9.53 Å². The van der Waals surface area contributed by atoms with Gasteiger partial charge in [0.1, 0.15) is 0 Å². The molecule has 1 aromatic rings. The lowest BCUT2D eigenvalue weighted by molar-refractivity contribution is -0.120. The highest BCUT2D eigenvalue weighted by Crippen LogP contribution is 2.23. The van der Waals surface area contributed by atoms with Gasteiger partial charge in [0.25, 0.3) is 0 Å². The Labute approximate surface area is 125 Å². The third-order valence-corrected chi connectivity index (χ3v) is 3.65. The van der Waals surface area contributed by atoms with Crippen LogP contribution in [0.25, 0.3) is 0 Å². The van der Waals surface area contributed by atoms with Gasteiger partial charge < -0.3 is 15.2 Å². The third-order valence-electron chi connectivity index (χ3n) is 3.65. The maximum absolute atomic E-state index is 12.2. The van der Waals surface area contributed by atoms with E-state index in [1.54, 1.807) is 0 Å². The number of nitrogens with one attached hydrogen (secondary N) is 1. The van der Waals surface area contributed by atoms with E-state index < -0.39 is 0 Å². The number of ether oxygens (including phenoxy) is 1. The summed E-state index contributed by atoms with van der Waals surface area (Å²) < 4.78 is 5.38. The standard InChI is InChI=1S/C16H24N2O3/c1-12(2)14-5-3-4-6-15(14)17-16(20)10-18-7-8-21-13(9-18)11-19/h3-6,12-13,19H,7-11H2,1-2H3,(H,17,20). The molecule has 0 aromatic heterocycles. The minimum Gasteiger partial charge on any atom is -0.394 e. The number of aliphatic hydroxyl groups is 1. The van der Waals surface area contributed by atoms with E-state index in [1.807, 2.05) is 29.2 Å². The number of nitrogens with zero attached hydrogens (tertiary/aromatic N) is 1. The number of hydrogen-bond donors (Lipinski definition) is 2. The zero-order chi connectivity index (χ0) is 15.2. The van der Waals surface area contributed by atoms with Crippen LogP contribution in [0.2, 0.25) is 0 Å². The van der Waals surface area contributed by atoms with Crippen LogP contribution < -0.4 is 5.32 Å². The smallest absolute Gasteiger partial charge is 0.238 e. The van der Waals surface area contributed by atoms with E-state index in [9.17, 15) is 4.79 Å². The van der Waals surface area contributed by atoms with Crippen LogP contribution in [-0.4, -0.2) is 54.9 Å². The number of amides is 1. The summed E-state index contributed by atoms with van der Waals surface area (Å²) in [5.74, 6) is 0.338. The molecule has 1 aliphatic heterocycles. The van der Waals surface area contributed by atoms with Gasteiger partial charge in [0, 0.05) is 18.8 Å². The van der Waals surface area contributed by atoms with E-state index >= 15 is 0 Å². The summed E-state index contributed by atoms with van der Waals surface area (Å²) in [6.07, 6.45) is -0.186. The summed E-state index contributed by atoms with van der Waals surface area (Å²) in [6, 6.07) is 7.89. The molecule has 1 fully saturated rings. The van der Waals surface area contributed by atoms with Crippen molar-refractivity contribution >= 4 is 11.6 Å². The molecule has 0 aliphatic carbocycles. The molecule has 0 radical (unpaired) electrons. The van der Waals surface area contributed by atoms with E-state index in [4.69, 9.17) is 9.84 Å². The van der Waals surface area contributed by atoms with Crippen LogP contribution in [0, 0.1) is 0 Å². The molecule has 5 heteroatoms. The molecular weight excluding hydrogens is 268 g/mol. The Balaban J connectivity index is 1.93. The number of para-hydroxylation sites is 1. The molecule has 1 aromatic carbocycles. The molecule has 1 unspecified atom stereocenters. The molecule has 1 heterocycles. The number of rotatable bonds is 5. The molecule has 1 amide bonds. The van der Waals surface area contributed by atoms with Gasteiger partial charge in [-0.3, -0.25) is 9.69 Å². The lowest BCUT2D eigenvalue weighted by Crippen LogP contribution is -2.46. The number of morpholine rings is 1. The normalized spacial score (nSPS) is 19.7. The van der Waals surface area contributed by atoms with Crippen molar-refractivity contribution in [3.8, 4) is 0 Å². The fourth-order valence-corrected chi connectivity index (χ4v) is 2.54. The topological polar surface area (TPSA) is 61.8 Å². The Morgan fingerprint density at radius 1 is 1.48 bits per heavy atom.